The van der Waals surface area contributed by atoms with Crippen molar-refractivity contribution in [1.82, 2.24) is 5.32 Å². The molecule has 110 valence electrons. The van der Waals surface area contributed by atoms with Gasteiger partial charge < -0.3 is 16.4 Å². The van der Waals surface area contributed by atoms with Crippen molar-refractivity contribution in [3.05, 3.63) is 24.3 Å². The van der Waals surface area contributed by atoms with Crippen LogP contribution >= 0.6 is 24.2 Å². The molecule has 5 nitrogen and oxygen atoms in total. The van der Waals surface area contributed by atoms with Crippen LogP contribution in [0.2, 0.25) is 0 Å². The van der Waals surface area contributed by atoms with E-state index in [1.54, 1.807) is 0 Å². The number of nitrogens with one attached hydrogen (secondary N) is 2. The average molecular weight is 316 g/mol. The molecule has 0 aliphatic carbocycles. The highest BCUT2D eigenvalue weighted by atomic mass is 35.5. The number of carbonyl (C=O) groups is 2. The van der Waals surface area contributed by atoms with Crippen molar-refractivity contribution in [3.63, 3.8) is 0 Å². The van der Waals surface area contributed by atoms with Crippen molar-refractivity contribution in [1.29, 1.82) is 0 Å². The lowest BCUT2D eigenvalue weighted by Gasteiger charge is -2.13. The standard InChI is InChI=1S/C13H17N3O2S.ClH/c14-12(17)8-19-11-4-2-1-3-10(11)16-13(18)9-5-6-15-7-9;/h1-4,9,15H,5-8H2,(H2,14,17)(H,16,18);1H. The Labute approximate surface area is 128 Å². The first kappa shape index (κ1) is 16.8. The highest BCUT2D eigenvalue weighted by Crippen LogP contribution is 2.27. The summed E-state index contributed by atoms with van der Waals surface area (Å²) in [7, 11) is 0. The minimum atomic E-state index is -0.369. The largest absolute Gasteiger partial charge is 0.369 e. The summed E-state index contributed by atoms with van der Waals surface area (Å²) in [5.41, 5.74) is 5.88. The second-order valence-corrected chi connectivity index (χ2v) is 5.45. The number of anilines is 1. The van der Waals surface area contributed by atoms with Crippen LogP contribution < -0.4 is 16.4 Å². The number of para-hydroxylation sites is 1. The fraction of sp³-hybridized carbons (Fsp3) is 0.385. The first-order valence-electron chi connectivity index (χ1n) is 6.18. The van der Waals surface area contributed by atoms with Gasteiger partial charge in [-0.25, -0.2) is 0 Å². The van der Waals surface area contributed by atoms with E-state index in [4.69, 9.17) is 5.73 Å². The molecule has 20 heavy (non-hydrogen) atoms. The lowest BCUT2D eigenvalue weighted by Crippen LogP contribution is -2.24. The van der Waals surface area contributed by atoms with E-state index in [0.29, 0.717) is 0 Å². The molecule has 1 aromatic rings. The summed E-state index contributed by atoms with van der Waals surface area (Å²) in [5.74, 6) is -0.116. The number of benzene rings is 1. The van der Waals surface area contributed by atoms with Crippen LogP contribution in [-0.2, 0) is 9.59 Å². The lowest BCUT2D eigenvalue weighted by molar-refractivity contribution is -0.119. The van der Waals surface area contributed by atoms with E-state index in [1.807, 2.05) is 24.3 Å². The molecule has 1 fully saturated rings. The zero-order valence-electron chi connectivity index (χ0n) is 10.9. The Morgan fingerprint density at radius 3 is 2.80 bits per heavy atom. The van der Waals surface area contributed by atoms with Crippen LogP contribution in [0.4, 0.5) is 5.69 Å². The number of rotatable bonds is 5. The number of carbonyl (C=O) groups excluding carboxylic acids is 2. The van der Waals surface area contributed by atoms with Gasteiger partial charge in [0.05, 0.1) is 17.4 Å². The maximum absolute atomic E-state index is 12.1. The molecular formula is C13H18ClN3O2S. The molecule has 1 atom stereocenters. The molecule has 1 saturated heterocycles. The van der Waals surface area contributed by atoms with Crippen LogP contribution in [0.15, 0.2) is 29.2 Å². The van der Waals surface area contributed by atoms with Gasteiger partial charge >= 0.3 is 0 Å². The quantitative estimate of drug-likeness (QED) is 0.714. The second kappa shape index (κ2) is 8.14. The van der Waals surface area contributed by atoms with Gasteiger partial charge in [-0.3, -0.25) is 9.59 Å². The Morgan fingerprint density at radius 1 is 1.40 bits per heavy atom. The number of amides is 2. The third-order valence-corrected chi connectivity index (χ3v) is 4.04. The van der Waals surface area contributed by atoms with Crippen LogP contribution in [0.3, 0.4) is 0 Å². The molecule has 1 heterocycles. The number of hydrogen-bond donors (Lipinski definition) is 3. The smallest absolute Gasteiger partial charge is 0.228 e. The third kappa shape index (κ3) is 4.70. The molecule has 1 aromatic carbocycles. The average Bonchev–Trinajstić information content (AvgIpc) is 2.91. The van der Waals surface area contributed by atoms with Gasteiger partial charge in [0.15, 0.2) is 0 Å². The summed E-state index contributed by atoms with van der Waals surface area (Å²) < 4.78 is 0. The molecule has 0 saturated carbocycles. The lowest BCUT2D eigenvalue weighted by atomic mass is 10.1. The monoisotopic (exact) mass is 315 g/mol. The number of hydrogen-bond acceptors (Lipinski definition) is 4. The fourth-order valence-corrected chi connectivity index (χ4v) is 2.71. The molecule has 2 amide bonds. The SMILES string of the molecule is Cl.NC(=O)CSc1ccccc1NC(=O)C1CCNC1. The fourth-order valence-electron chi connectivity index (χ4n) is 1.96. The van der Waals surface area contributed by atoms with Crippen LogP contribution in [-0.4, -0.2) is 30.7 Å². The van der Waals surface area contributed by atoms with Crippen LogP contribution in [0.5, 0.6) is 0 Å². The van der Waals surface area contributed by atoms with Gasteiger partial charge in [0.25, 0.3) is 0 Å². The molecule has 1 aliphatic heterocycles. The molecule has 0 radical (unpaired) electrons. The molecule has 2 rings (SSSR count). The van der Waals surface area contributed by atoms with E-state index in [0.717, 1.165) is 30.1 Å². The highest BCUT2D eigenvalue weighted by molar-refractivity contribution is 8.00. The van der Waals surface area contributed by atoms with Crippen molar-refractivity contribution in [2.24, 2.45) is 11.7 Å². The van der Waals surface area contributed by atoms with E-state index in [-0.39, 0.29) is 35.9 Å². The molecule has 4 N–H and O–H groups in total. The summed E-state index contributed by atoms with van der Waals surface area (Å²) in [5, 5.41) is 6.09. The Balaban J connectivity index is 0.00000200. The van der Waals surface area contributed by atoms with E-state index >= 15 is 0 Å². The number of thioether (sulfide) groups is 1. The Hall–Kier alpha value is -1.24. The molecule has 0 spiro atoms. The van der Waals surface area contributed by atoms with Crippen molar-refractivity contribution < 1.29 is 9.59 Å². The molecule has 0 bridgehead atoms. The number of primary amides is 1. The zero-order valence-corrected chi connectivity index (χ0v) is 12.6. The summed E-state index contributed by atoms with van der Waals surface area (Å²) in [6, 6.07) is 7.44. The second-order valence-electron chi connectivity index (χ2n) is 4.43. The van der Waals surface area contributed by atoms with Crippen LogP contribution in [0, 0.1) is 5.92 Å². The third-order valence-electron chi connectivity index (χ3n) is 2.95. The Morgan fingerprint density at radius 2 is 2.15 bits per heavy atom. The summed E-state index contributed by atoms with van der Waals surface area (Å²) >= 11 is 1.33. The predicted octanol–water partition coefficient (Wildman–Crippen LogP) is 1.23. The molecule has 1 unspecified atom stereocenters. The summed E-state index contributed by atoms with van der Waals surface area (Å²) in [4.78, 5) is 23.7. The van der Waals surface area contributed by atoms with Crippen LogP contribution in [0.25, 0.3) is 0 Å². The van der Waals surface area contributed by atoms with E-state index in [9.17, 15) is 9.59 Å². The van der Waals surface area contributed by atoms with Crippen molar-refractivity contribution in [3.8, 4) is 0 Å². The van der Waals surface area contributed by atoms with Crippen molar-refractivity contribution >= 4 is 41.7 Å². The van der Waals surface area contributed by atoms with Gasteiger partial charge in [-0.1, -0.05) is 12.1 Å². The van der Waals surface area contributed by atoms with E-state index in [1.165, 1.54) is 11.8 Å². The maximum atomic E-state index is 12.1. The normalized spacial score (nSPS) is 17.3. The minimum absolute atomic E-state index is 0. The van der Waals surface area contributed by atoms with Crippen molar-refractivity contribution in [2.45, 2.75) is 11.3 Å². The van der Waals surface area contributed by atoms with E-state index in [2.05, 4.69) is 10.6 Å². The van der Waals surface area contributed by atoms with Gasteiger partial charge in [0.2, 0.25) is 11.8 Å². The predicted molar refractivity (Wildman–Crippen MR) is 83.2 cm³/mol. The number of halogens is 1. The summed E-state index contributed by atoms with van der Waals surface area (Å²) in [6.45, 7) is 1.61. The molecular weight excluding hydrogens is 298 g/mol. The van der Waals surface area contributed by atoms with Gasteiger partial charge in [-0.2, -0.15) is 0 Å². The first-order valence-corrected chi connectivity index (χ1v) is 7.17. The Bertz CT molecular complexity index is 478. The van der Waals surface area contributed by atoms with Gasteiger partial charge in [0.1, 0.15) is 0 Å². The van der Waals surface area contributed by atoms with Gasteiger partial charge in [-0.05, 0) is 25.1 Å². The molecule has 1 aliphatic rings. The van der Waals surface area contributed by atoms with Crippen molar-refractivity contribution in [2.75, 3.05) is 24.2 Å². The highest BCUT2D eigenvalue weighted by Gasteiger charge is 2.22. The first-order chi connectivity index (χ1) is 9.16. The van der Waals surface area contributed by atoms with Gasteiger partial charge in [0, 0.05) is 11.4 Å². The summed E-state index contributed by atoms with van der Waals surface area (Å²) in [6.07, 6.45) is 0.864. The molecule has 7 heteroatoms. The zero-order chi connectivity index (χ0) is 13.7. The van der Waals surface area contributed by atoms with Crippen LogP contribution in [0.1, 0.15) is 6.42 Å². The van der Waals surface area contributed by atoms with E-state index < -0.39 is 0 Å². The van der Waals surface area contributed by atoms with Gasteiger partial charge in [-0.15, -0.1) is 24.2 Å². The Kier molecular flexibility index (Phi) is 6.84. The number of nitrogens with two attached hydrogens (primary N) is 1. The molecule has 0 aromatic heterocycles. The maximum Gasteiger partial charge on any atom is 0.228 e. The minimum Gasteiger partial charge on any atom is -0.369 e. The topological polar surface area (TPSA) is 84.2 Å².